The van der Waals surface area contributed by atoms with Gasteiger partial charge >= 0.3 is 0 Å². The third-order valence-electron chi connectivity index (χ3n) is 5.69. The van der Waals surface area contributed by atoms with Gasteiger partial charge in [0.2, 0.25) is 5.88 Å². The molecule has 0 aliphatic heterocycles. The lowest BCUT2D eigenvalue weighted by Crippen LogP contribution is -2.24. The van der Waals surface area contributed by atoms with Gasteiger partial charge in [-0.05, 0) is 32.0 Å². The molecular weight excluding hydrogens is 515 g/mol. The number of aromatic nitrogens is 6. The average Bonchev–Trinajstić information content (AvgIpc) is 3.32. The third-order valence-corrected chi connectivity index (χ3v) is 7.74. The predicted octanol–water partition coefficient (Wildman–Crippen LogP) is 3.22. The molecule has 4 rings (SSSR count). The molecule has 0 aliphatic rings. The van der Waals surface area contributed by atoms with Crippen LogP contribution in [0, 0.1) is 5.82 Å². The summed E-state index contributed by atoms with van der Waals surface area (Å²) in [7, 11) is -0.806. The Hall–Kier alpha value is -4.13. The maximum Gasteiger partial charge on any atom is 0.213 e. The molecule has 3 aromatic heterocycles. The van der Waals surface area contributed by atoms with Gasteiger partial charge in [-0.25, -0.2) is 27.8 Å². The molecule has 200 valence electrons. The Labute approximate surface area is 219 Å². The van der Waals surface area contributed by atoms with Crippen molar-refractivity contribution in [2.75, 3.05) is 20.8 Å². The first-order chi connectivity index (χ1) is 18.3. The molecule has 13 heteroatoms. The first-order valence-corrected chi connectivity index (χ1v) is 13.4. The summed E-state index contributed by atoms with van der Waals surface area (Å²) in [5.41, 5.74) is 0.827. The third kappa shape index (κ3) is 5.72. The number of halogens is 1. The predicted molar refractivity (Wildman–Crippen MR) is 137 cm³/mol. The summed E-state index contributed by atoms with van der Waals surface area (Å²) < 4.78 is 58.3. The number of nitrogens with zero attached hydrogens (tertiary/aromatic N) is 6. The second-order valence-electron chi connectivity index (χ2n) is 8.22. The summed E-state index contributed by atoms with van der Waals surface area (Å²) in [5.74, 6) is 0.761. The second-order valence-corrected chi connectivity index (χ2v) is 10.6. The molecule has 0 bridgehead atoms. The van der Waals surface area contributed by atoms with Crippen LogP contribution in [0.3, 0.4) is 0 Å². The Balaban J connectivity index is 1.81. The van der Waals surface area contributed by atoms with Crippen LogP contribution in [0.15, 0.2) is 48.8 Å². The highest BCUT2D eigenvalue weighted by Gasteiger charge is 2.29. The van der Waals surface area contributed by atoms with Crippen molar-refractivity contribution in [2.45, 2.75) is 31.3 Å². The summed E-state index contributed by atoms with van der Waals surface area (Å²) in [6, 6.07) is 10.4. The van der Waals surface area contributed by atoms with E-state index in [2.05, 4.69) is 25.1 Å². The van der Waals surface area contributed by atoms with Crippen LogP contribution in [0.4, 0.5) is 4.39 Å². The van der Waals surface area contributed by atoms with E-state index in [0.717, 1.165) is 12.4 Å². The zero-order valence-electron chi connectivity index (χ0n) is 21.3. The van der Waals surface area contributed by atoms with Crippen molar-refractivity contribution in [1.82, 2.24) is 29.7 Å². The second kappa shape index (κ2) is 11.5. The van der Waals surface area contributed by atoms with Crippen molar-refractivity contribution in [3.05, 3.63) is 66.3 Å². The fourth-order valence-electron chi connectivity index (χ4n) is 3.78. The van der Waals surface area contributed by atoms with Gasteiger partial charge in [-0.1, -0.05) is 12.1 Å². The number of hydrogen-bond donors (Lipinski definition) is 0. The Morgan fingerprint density at radius 2 is 1.66 bits per heavy atom. The number of ether oxygens (including phenoxy) is 3. The number of benzene rings is 1. The van der Waals surface area contributed by atoms with Crippen molar-refractivity contribution in [2.24, 2.45) is 0 Å². The maximum absolute atomic E-state index is 13.4. The molecule has 0 aliphatic carbocycles. The van der Waals surface area contributed by atoms with Crippen LogP contribution in [-0.4, -0.2) is 64.2 Å². The van der Waals surface area contributed by atoms with E-state index >= 15 is 0 Å². The van der Waals surface area contributed by atoms with E-state index in [9.17, 15) is 12.8 Å². The summed E-state index contributed by atoms with van der Waals surface area (Å²) in [5, 5.41) is 7.66. The molecule has 0 saturated heterocycles. The minimum Gasteiger partial charge on any atom is -0.494 e. The fraction of sp³-hybridized carbons (Fsp3) is 0.320. The topological polar surface area (TPSA) is 131 Å². The molecule has 0 unspecified atom stereocenters. The van der Waals surface area contributed by atoms with Gasteiger partial charge in [0.05, 0.1) is 38.5 Å². The van der Waals surface area contributed by atoms with E-state index in [1.54, 1.807) is 47.9 Å². The van der Waals surface area contributed by atoms with Gasteiger partial charge in [-0.15, -0.1) is 10.2 Å². The van der Waals surface area contributed by atoms with Crippen LogP contribution in [0.25, 0.3) is 17.2 Å². The Morgan fingerprint density at radius 1 is 1.00 bits per heavy atom. The van der Waals surface area contributed by atoms with Crippen molar-refractivity contribution in [3.8, 4) is 34.6 Å². The normalized spacial score (nSPS) is 12.2. The lowest BCUT2D eigenvalue weighted by Gasteiger charge is -2.18. The first kappa shape index (κ1) is 26.9. The summed E-state index contributed by atoms with van der Waals surface area (Å²) >= 11 is 0. The maximum atomic E-state index is 13.4. The van der Waals surface area contributed by atoms with Gasteiger partial charge < -0.3 is 14.2 Å². The molecule has 1 atom stereocenters. The highest BCUT2D eigenvalue weighted by atomic mass is 32.2. The molecule has 0 spiro atoms. The molecular formula is C25H27FN6O5S. The molecule has 0 amide bonds. The average molecular weight is 543 g/mol. The molecule has 11 nitrogen and oxygen atoms in total. The number of sulfone groups is 1. The Bertz CT molecular complexity index is 1490. The van der Waals surface area contributed by atoms with E-state index in [-0.39, 0.29) is 23.9 Å². The molecule has 0 saturated carbocycles. The largest absolute Gasteiger partial charge is 0.494 e. The zero-order valence-corrected chi connectivity index (χ0v) is 22.1. The highest BCUT2D eigenvalue weighted by Crippen LogP contribution is 2.36. The van der Waals surface area contributed by atoms with Crippen LogP contribution in [0.2, 0.25) is 0 Å². The number of para-hydroxylation sites is 1. The van der Waals surface area contributed by atoms with Crippen LogP contribution in [0.5, 0.6) is 17.4 Å². The van der Waals surface area contributed by atoms with Crippen LogP contribution in [0.1, 0.15) is 25.5 Å². The van der Waals surface area contributed by atoms with Crippen molar-refractivity contribution in [1.29, 1.82) is 0 Å². The van der Waals surface area contributed by atoms with Crippen LogP contribution < -0.4 is 14.2 Å². The summed E-state index contributed by atoms with van der Waals surface area (Å²) in [4.78, 5) is 12.3. The van der Waals surface area contributed by atoms with Crippen molar-refractivity contribution >= 4 is 9.84 Å². The molecule has 4 aromatic rings. The molecule has 1 aromatic carbocycles. The number of rotatable bonds is 11. The zero-order chi connectivity index (χ0) is 27.3. The van der Waals surface area contributed by atoms with E-state index in [0.29, 0.717) is 35.4 Å². The van der Waals surface area contributed by atoms with Gasteiger partial charge in [0.15, 0.2) is 27.3 Å². The minimum absolute atomic E-state index is 0.000452. The standard InChI is InChI=1S/C25H27FN6O5S/c1-5-37-23-11-6-8-18(29-23)25-31-30-22(32(25)24-19(35-3)9-7-10-20(24)36-4)15-38(33,34)16(2)12-21-27-13-17(26)14-28-21/h6-11,13-14,16H,5,12,15H2,1-4H3/t16-/m1/s1. The number of pyridine rings is 1. The van der Waals surface area contributed by atoms with Crippen LogP contribution in [-0.2, 0) is 22.0 Å². The van der Waals surface area contributed by atoms with Gasteiger partial charge in [-0.3, -0.25) is 4.57 Å². The SMILES string of the molecule is CCOc1cccc(-c2nnc(CS(=O)(=O)[C@H](C)Cc3ncc(F)cn3)n2-c2c(OC)cccc2OC)n1. The molecule has 3 heterocycles. The van der Waals surface area contributed by atoms with Gasteiger partial charge in [0.1, 0.15) is 34.5 Å². The minimum atomic E-state index is -3.80. The molecule has 0 radical (unpaired) electrons. The summed E-state index contributed by atoms with van der Waals surface area (Å²) in [6.45, 7) is 3.81. The van der Waals surface area contributed by atoms with Crippen molar-refractivity contribution in [3.63, 3.8) is 0 Å². The Morgan fingerprint density at radius 3 is 2.29 bits per heavy atom. The quantitative estimate of drug-likeness (QED) is 0.278. The lowest BCUT2D eigenvalue weighted by atomic mass is 10.2. The van der Waals surface area contributed by atoms with Crippen LogP contribution >= 0.6 is 0 Å². The smallest absolute Gasteiger partial charge is 0.213 e. The van der Waals surface area contributed by atoms with E-state index in [1.165, 1.54) is 14.2 Å². The van der Waals surface area contributed by atoms with E-state index in [1.807, 2.05) is 6.92 Å². The highest BCUT2D eigenvalue weighted by molar-refractivity contribution is 7.91. The number of hydrogen-bond acceptors (Lipinski definition) is 10. The monoisotopic (exact) mass is 542 g/mol. The van der Waals surface area contributed by atoms with Crippen molar-refractivity contribution < 1.29 is 27.0 Å². The van der Waals surface area contributed by atoms with Gasteiger partial charge in [0, 0.05) is 12.5 Å². The Kier molecular flexibility index (Phi) is 8.15. The lowest BCUT2D eigenvalue weighted by molar-refractivity contribution is 0.327. The van der Waals surface area contributed by atoms with E-state index < -0.39 is 26.7 Å². The molecule has 0 fully saturated rings. The van der Waals surface area contributed by atoms with Gasteiger partial charge in [-0.2, -0.15) is 0 Å². The van der Waals surface area contributed by atoms with Gasteiger partial charge in [0.25, 0.3) is 0 Å². The van der Waals surface area contributed by atoms with E-state index in [4.69, 9.17) is 14.2 Å². The number of methoxy groups -OCH3 is 2. The first-order valence-electron chi connectivity index (χ1n) is 11.7. The summed E-state index contributed by atoms with van der Waals surface area (Å²) in [6.07, 6.45) is 2.00. The molecule has 38 heavy (non-hydrogen) atoms. The fourth-order valence-corrected chi connectivity index (χ4v) is 5.02. The molecule has 0 N–H and O–H groups in total.